The van der Waals surface area contributed by atoms with E-state index in [1.165, 1.54) is 27.5 Å². The number of ether oxygens (including phenoxy) is 1. The first kappa shape index (κ1) is 17.5. The maximum atomic E-state index is 6.24. The molecule has 25 heavy (non-hydrogen) atoms. The largest absolute Gasteiger partial charge is 0.489 e. The summed E-state index contributed by atoms with van der Waals surface area (Å²) in [6, 6.07) is 21.1. The van der Waals surface area contributed by atoms with Crippen LogP contribution in [0.1, 0.15) is 37.5 Å². The number of aryl methyl sites for hydroxylation is 1. The van der Waals surface area contributed by atoms with Gasteiger partial charge in [-0.2, -0.15) is 0 Å². The van der Waals surface area contributed by atoms with Gasteiger partial charge in [0.15, 0.2) is 0 Å². The molecule has 0 heterocycles. The summed E-state index contributed by atoms with van der Waals surface area (Å²) >= 11 is 0. The molecule has 2 heteroatoms. The van der Waals surface area contributed by atoms with Gasteiger partial charge in [-0.05, 0) is 55.7 Å². The quantitative estimate of drug-likeness (QED) is 0.655. The summed E-state index contributed by atoms with van der Waals surface area (Å²) in [5, 5.41) is 6.10. The molecule has 1 N–H and O–H groups in total. The van der Waals surface area contributed by atoms with Crippen LogP contribution in [0.3, 0.4) is 0 Å². The van der Waals surface area contributed by atoms with Gasteiger partial charge in [-0.25, -0.2) is 0 Å². The normalized spacial score (nSPS) is 11.7. The maximum Gasteiger partial charge on any atom is 0.124 e. The zero-order chi connectivity index (χ0) is 17.9. The fourth-order valence-corrected chi connectivity index (χ4v) is 2.91. The van der Waals surface area contributed by atoms with Crippen molar-refractivity contribution in [3.63, 3.8) is 0 Å². The lowest BCUT2D eigenvalue weighted by molar-refractivity contribution is 0.300. The first-order valence-electron chi connectivity index (χ1n) is 8.87. The fraction of sp³-hybridized carbons (Fsp3) is 0.304. The molecule has 0 atom stereocenters. The van der Waals surface area contributed by atoms with Gasteiger partial charge >= 0.3 is 0 Å². The molecule has 0 fully saturated rings. The molecule has 3 aromatic carbocycles. The second kappa shape index (κ2) is 7.28. The highest BCUT2D eigenvalue weighted by Crippen LogP contribution is 2.29. The van der Waals surface area contributed by atoms with Crippen LogP contribution in [0.2, 0.25) is 0 Å². The van der Waals surface area contributed by atoms with Crippen molar-refractivity contribution in [2.45, 2.75) is 46.4 Å². The Morgan fingerprint density at radius 1 is 0.880 bits per heavy atom. The first-order valence-corrected chi connectivity index (χ1v) is 8.87. The Morgan fingerprint density at radius 3 is 2.36 bits per heavy atom. The van der Waals surface area contributed by atoms with Crippen LogP contribution >= 0.6 is 0 Å². The minimum absolute atomic E-state index is 0.0598. The predicted octanol–water partition coefficient (Wildman–Crippen LogP) is 5.62. The summed E-state index contributed by atoms with van der Waals surface area (Å²) in [5.41, 5.74) is 3.77. The zero-order valence-electron chi connectivity index (χ0n) is 15.6. The molecule has 0 saturated heterocycles. The smallest absolute Gasteiger partial charge is 0.124 e. The number of nitrogens with one attached hydrogen (secondary N) is 1. The van der Waals surface area contributed by atoms with E-state index >= 15 is 0 Å². The Bertz CT molecular complexity index is 861. The third-order valence-electron chi connectivity index (χ3n) is 4.44. The lowest BCUT2D eigenvalue weighted by atomic mass is 10.0. The van der Waals surface area contributed by atoms with Gasteiger partial charge in [-0.15, -0.1) is 0 Å². The van der Waals surface area contributed by atoms with Crippen LogP contribution in [0.25, 0.3) is 10.8 Å². The molecule has 0 bridgehead atoms. The first-order chi connectivity index (χ1) is 11.9. The van der Waals surface area contributed by atoms with Crippen LogP contribution in [0.5, 0.6) is 5.75 Å². The van der Waals surface area contributed by atoms with Crippen molar-refractivity contribution < 1.29 is 4.74 Å². The average Bonchev–Trinajstić information content (AvgIpc) is 2.58. The van der Waals surface area contributed by atoms with Gasteiger partial charge in [-0.3, -0.25) is 0 Å². The number of hydrogen-bond acceptors (Lipinski definition) is 2. The third kappa shape index (κ3) is 4.40. The van der Waals surface area contributed by atoms with E-state index in [1.807, 2.05) is 0 Å². The molecule has 0 aliphatic carbocycles. The van der Waals surface area contributed by atoms with Gasteiger partial charge in [-0.1, -0.05) is 54.6 Å². The standard InChI is InChI=1S/C23H27NO/c1-17-9-5-6-11-19(17)16-25-22-14-13-18-10-7-8-12-20(18)21(22)15-24-23(2,3)4/h5-14,24H,15-16H2,1-4H3. The highest BCUT2D eigenvalue weighted by atomic mass is 16.5. The average molecular weight is 333 g/mol. The third-order valence-corrected chi connectivity index (χ3v) is 4.44. The molecule has 130 valence electrons. The van der Waals surface area contributed by atoms with E-state index in [2.05, 4.69) is 93.7 Å². The van der Waals surface area contributed by atoms with Crippen molar-refractivity contribution in [1.82, 2.24) is 5.32 Å². The van der Waals surface area contributed by atoms with Crippen LogP contribution in [0.4, 0.5) is 0 Å². The molecular weight excluding hydrogens is 306 g/mol. The van der Waals surface area contributed by atoms with Crippen LogP contribution in [0, 0.1) is 6.92 Å². The Kier molecular flexibility index (Phi) is 5.10. The van der Waals surface area contributed by atoms with E-state index in [0.717, 1.165) is 12.3 Å². The van der Waals surface area contributed by atoms with Crippen molar-refractivity contribution in [1.29, 1.82) is 0 Å². The van der Waals surface area contributed by atoms with E-state index in [-0.39, 0.29) is 5.54 Å². The summed E-state index contributed by atoms with van der Waals surface area (Å²) in [4.78, 5) is 0. The molecule has 0 unspecified atom stereocenters. The molecule has 0 aliphatic rings. The summed E-state index contributed by atoms with van der Waals surface area (Å²) in [6.45, 7) is 10.1. The Labute approximate surface area is 150 Å². The highest BCUT2D eigenvalue weighted by Gasteiger charge is 2.14. The predicted molar refractivity (Wildman–Crippen MR) is 106 cm³/mol. The van der Waals surface area contributed by atoms with E-state index in [0.29, 0.717) is 6.61 Å². The molecule has 0 aromatic heterocycles. The van der Waals surface area contributed by atoms with Gasteiger partial charge in [0.1, 0.15) is 12.4 Å². The van der Waals surface area contributed by atoms with Gasteiger partial charge < -0.3 is 10.1 Å². The van der Waals surface area contributed by atoms with Crippen LogP contribution in [-0.4, -0.2) is 5.54 Å². The van der Waals surface area contributed by atoms with Crippen molar-refractivity contribution in [2.75, 3.05) is 0 Å². The van der Waals surface area contributed by atoms with Gasteiger partial charge in [0.05, 0.1) is 0 Å². The molecule has 0 aliphatic heterocycles. The monoisotopic (exact) mass is 333 g/mol. The van der Waals surface area contributed by atoms with Gasteiger partial charge in [0.2, 0.25) is 0 Å². The number of benzene rings is 3. The highest BCUT2D eigenvalue weighted by molar-refractivity contribution is 5.87. The summed E-state index contributed by atoms with van der Waals surface area (Å²) in [5.74, 6) is 0.957. The number of fused-ring (bicyclic) bond motifs is 1. The topological polar surface area (TPSA) is 21.3 Å². The van der Waals surface area contributed by atoms with E-state index in [4.69, 9.17) is 4.74 Å². The van der Waals surface area contributed by atoms with Crippen molar-refractivity contribution in [3.8, 4) is 5.75 Å². The SMILES string of the molecule is Cc1ccccc1COc1ccc2ccccc2c1CNC(C)(C)C. The molecule has 0 saturated carbocycles. The summed E-state index contributed by atoms with van der Waals surface area (Å²) in [6.07, 6.45) is 0. The van der Waals surface area contributed by atoms with E-state index < -0.39 is 0 Å². The van der Waals surface area contributed by atoms with Gasteiger partial charge in [0, 0.05) is 17.6 Å². The Balaban J connectivity index is 1.92. The Hall–Kier alpha value is -2.32. The lowest BCUT2D eigenvalue weighted by Crippen LogP contribution is -2.35. The second-order valence-electron chi connectivity index (χ2n) is 7.58. The van der Waals surface area contributed by atoms with Crippen molar-refractivity contribution >= 4 is 10.8 Å². The number of rotatable bonds is 5. The molecule has 3 aromatic rings. The van der Waals surface area contributed by atoms with Crippen molar-refractivity contribution in [3.05, 3.63) is 77.4 Å². The van der Waals surface area contributed by atoms with E-state index in [9.17, 15) is 0 Å². The molecule has 2 nitrogen and oxygen atoms in total. The van der Waals surface area contributed by atoms with Crippen LogP contribution in [0.15, 0.2) is 60.7 Å². The minimum atomic E-state index is 0.0598. The van der Waals surface area contributed by atoms with Gasteiger partial charge in [0.25, 0.3) is 0 Å². The minimum Gasteiger partial charge on any atom is -0.489 e. The summed E-state index contributed by atoms with van der Waals surface area (Å²) < 4.78 is 6.24. The zero-order valence-corrected chi connectivity index (χ0v) is 15.6. The molecule has 0 radical (unpaired) electrons. The molecule has 0 amide bonds. The molecular formula is C23H27NO. The molecule has 0 spiro atoms. The summed E-state index contributed by atoms with van der Waals surface area (Å²) in [7, 11) is 0. The van der Waals surface area contributed by atoms with Crippen molar-refractivity contribution in [2.24, 2.45) is 0 Å². The van der Waals surface area contributed by atoms with Crippen LogP contribution < -0.4 is 10.1 Å². The fourth-order valence-electron chi connectivity index (χ4n) is 2.91. The lowest BCUT2D eigenvalue weighted by Gasteiger charge is -2.23. The van der Waals surface area contributed by atoms with E-state index in [1.54, 1.807) is 0 Å². The van der Waals surface area contributed by atoms with Crippen LogP contribution in [-0.2, 0) is 13.2 Å². The maximum absolute atomic E-state index is 6.24. The number of hydrogen-bond donors (Lipinski definition) is 1. The second-order valence-corrected chi connectivity index (χ2v) is 7.58. The Morgan fingerprint density at radius 2 is 1.60 bits per heavy atom. The molecule has 3 rings (SSSR count).